The fourth-order valence-electron chi connectivity index (χ4n) is 4.45. The predicted octanol–water partition coefficient (Wildman–Crippen LogP) is 3.78. The molecule has 2 aliphatic rings. The molecule has 0 spiro atoms. The smallest absolute Gasteiger partial charge is 0.133 e. The van der Waals surface area contributed by atoms with E-state index < -0.39 is 0 Å². The topological polar surface area (TPSA) is 70.1 Å². The lowest BCUT2D eigenvalue weighted by molar-refractivity contribution is 0.292. The second-order valence-corrected chi connectivity index (χ2v) is 8.97. The minimum absolute atomic E-state index is 0.568. The van der Waals surface area contributed by atoms with Gasteiger partial charge in [-0.2, -0.15) is 0 Å². The number of anilines is 3. The molecule has 0 amide bonds. The van der Waals surface area contributed by atoms with Crippen LogP contribution in [0.1, 0.15) is 6.42 Å². The zero-order valence-electron chi connectivity index (χ0n) is 16.6. The van der Waals surface area contributed by atoms with Crippen LogP contribution in [0.15, 0.2) is 55.0 Å². The summed E-state index contributed by atoms with van der Waals surface area (Å²) in [5.41, 5.74) is 1.94. The summed E-state index contributed by atoms with van der Waals surface area (Å²) in [6, 6.07) is 13.3. The molecule has 2 saturated heterocycles. The molecular weight excluding hydrogens is 394 g/mol. The van der Waals surface area contributed by atoms with E-state index in [1.165, 1.54) is 6.42 Å². The van der Waals surface area contributed by atoms with Crippen molar-refractivity contribution < 1.29 is 0 Å². The molecule has 0 saturated carbocycles. The van der Waals surface area contributed by atoms with E-state index in [1.807, 2.05) is 36.7 Å². The van der Waals surface area contributed by atoms with Crippen LogP contribution in [0.3, 0.4) is 0 Å². The number of fused-ring (bicyclic) bond motifs is 3. The van der Waals surface area contributed by atoms with Crippen LogP contribution in [0.25, 0.3) is 20.8 Å². The second-order valence-electron chi connectivity index (χ2n) is 7.94. The highest BCUT2D eigenvalue weighted by Crippen LogP contribution is 2.34. The molecule has 2 aliphatic heterocycles. The van der Waals surface area contributed by atoms with E-state index in [0.717, 1.165) is 51.3 Å². The summed E-state index contributed by atoms with van der Waals surface area (Å²) in [5.74, 6) is 2.59. The highest BCUT2D eigenvalue weighted by atomic mass is 32.1. The standard InChI is InChI=1S/C22H21N7S/c1-28-12-16-8-15(28)13-29(16)21-6-2-5-19(27-21)26-20-9-17-18(11-24-20)30-22(25-17)14-4-3-7-23-10-14/h2-7,9-11,15-16H,8,12-13H2,1H3,(H,24,26,27)/t15-,16-/m0/s1. The molecule has 6 rings (SSSR count). The molecule has 30 heavy (non-hydrogen) atoms. The summed E-state index contributed by atoms with van der Waals surface area (Å²) in [5, 5.41) is 4.30. The third-order valence-corrected chi connectivity index (χ3v) is 7.04. The van der Waals surface area contributed by atoms with Crippen molar-refractivity contribution in [3.63, 3.8) is 0 Å². The van der Waals surface area contributed by atoms with E-state index in [4.69, 9.17) is 9.97 Å². The quantitative estimate of drug-likeness (QED) is 0.544. The first-order valence-electron chi connectivity index (χ1n) is 10.1. The van der Waals surface area contributed by atoms with Crippen molar-refractivity contribution in [2.75, 3.05) is 30.4 Å². The second kappa shape index (κ2) is 7.00. The van der Waals surface area contributed by atoms with Gasteiger partial charge < -0.3 is 10.2 Å². The van der Waals surface area contributed by atoms with Crippen LogP contribution in [0, 0.1) is 0 Å². The van der Waals surface area contributed by atoms with Gasteiger partial charge in [-0.15, -0.1) is 11.3 Å². The van der Waals surface area contributed by atoms with Crippen molar-refractivity contribution in [1.82, 2.24) is 24.8 Å². The number of rotatable bonds is 4. The highest BCUT2D eigenvalue weighted by molar-refractivity contribution is 7.21. The molecule has 2 fully saturated rings. The number of piperazine rings is 1. The summed E-state index contributed by atoms with van der Waals surface area (Å²) >= 11 is 1.62. The molecule has 0 aromatic carbocycles. The Morgan fingerprint density at radius 1 is 1.03 bits per heavy atom. The Kier molecular flexibility index (Phi) is 4.14. The van der Waals surface area contributed by atoms with E-state index in [9.17, 15) is 0 Å². The van der Waals surface area contributed by atoms with Crippen molar-refractivity contribution in [1.29, 1.82) is 0 Å². The maximum atomic E-state index is 4.86. The van der Waals surface area contributed by atoms with E-state index in [1.54, 1.807) is 17.5 Å². The fraction of sp³-hybridized carbons (Fsp3) is 0.273. The van der Waals surface area contributed by atoms with Crippen molar-refractivity contribution in [3.8, 4) is 10.6 Å². The van der Waals surface area contributed by atoms with Gasteiger partial charge in [0.2, 0.25) is 0 Å². The molecular formula is C22H21N7S. The Labute approximate surface area is 178 Å². The lowest BCUT2D eigenvalue weighted by Crippen LogP contribution is -2.44. The van der Waals surface area contributed by atoms with Crippen LogP contribution in [-0.2, 0) is 0 Å². The number of nitrogens with one attached hydrogen (secondary N) is 1. The van der Waals surface area contributed by atoms with Crippen LogP contribution in [0.5, 0.6) is 0 Å². The Bertz CT molecular complexity index is 1210. The van der Waals surface area contributed by atoms with Gasteiger partial charge in [0, 0.05) is 55.4 Å². The molecule has 0 unspecified atom stereocenters. The average molecular weight is 416 g/mol. The SMILES string of the molecule is CN1C[C@@H]2C[C@H]1CN2c1cccc(Nc2cc3nc(-c4cccnc4)sc3cn2)n1. The average Bonchev–Trinajstić information content (AvgIpc) is 3.48. The van der Waals surface area contributed by atoms with Crippen LogP contribution in [0.4, 0.5) is 17.5 Å². The molecule has 7 nitrogen and oxygen atoms in total. The van der Waals surface area contributed by atoms with Gasteiger partial charge in [0.05, 0.1) is 10.2 Å². The normalized spacial score (nSPS) is 20.9. The van der Waals surface area contributed by atoms with Gasteiger partial charge in [0.25, 0.3) is 0 Å². The summed E-state index contributed by atoms with van der Waals surface area (Å²) < 4.78 is 1.05. The Hall–Kier alpha value is -3.10. The van der Waals surface area contributed by atoms with E-state index in [0.29, 0.717) is 12.1 Å². The molecule has 4 aromatic heterocycles. The largest absolute Gasteiger partial charge is 0.351 e. The molecule has 4 aromatic rings. The zero-order valence-corrected chi connectivity index (χ0v) is 17.4. The number of pyridine rings is 3. The monoisotopic (exact) mass is 415 g/mol. The van der Waals surface area contributed by atoms with Crippen LogP contribution < -0.4 is 10.2 Å². The Morgan fingerprint density at radius 3 is 2.80 bits per heavy atom. The lowest BCUT2D eigenvalue weighted by atomic mass is 10.2. The first-order chi connectivity index (χ1) is 14.7. The van der Waals surface area contributed by atoms with E-state index in [-0.39, 0.29) is 0 Å². The third-order valence-electron chi connectivity index (χ3n) is 5.98. The summed E-state index contributed by atoms with van der Waals surface area (Å²) in [4.78, 5) is 23.3. The number of thiazole rings is 1. The molecule has 0 aliphatic carbocycles. The number of aromatic nitrogens is 4. The van der Waals surface area contributed by atoms with Gasteiger partial charge in [-0.05, 0) is 37.7 Å². The maximum Gasteiger partial charge on any atom is 0.133 e. The van der Waals surface area contributed by atoms with Gasteiger partial charge in [0.1, 0.15) is 22.5 Å². The molecule has 1 N–H and O–H groups in total. The summed E-state index contributed by atoms with van der Waals surface area (Å²) in [6.07, 6.45) is 6.71. The van der Waals surface area contributed by atoms with Gasteiger partial charge in [0.15, 0.2) is 0 Å². The van der Waals surface area contributed by atoms with E-state index in [2.05, 4.69) is 44.3 Å². The molecule has 2 bridgehead atoms. The molecule has 6 heterocycles. The molecule has 0 radical (unpaired) electrons. The van der Waals surface area contributed by atoms with Crippen LogP contribution in [0.2, 0.25) is 0 Å². The minimum atomic E-state index is 0.568. The van der Waals surface area contributed by atoms with Crippen LogP contribution in [-0.4, -0.2) is 57.1 Å². The van der Waals surface area contributed by atoms with Gasteiger partial charge >= 0.3 is 0 Å². The highest BCUT2D eigenvalue weighted by Gasteiger charge is 2.41. The fourth-order valence-corrected chi connectivity index (χ4v) is 5.35. The first kappa shape index (κ1) is 17.7. The first-order valence-corrected chi connectivity index (χ1v) is 10.9. The molecule has 2 atom stereocenters. The number of hydrogen-bond donors (Lipinski definition) is 1. The third kappa shape index (κ3) is 3.09. The number of nitrogens with zero attached hydrogens (tertiary/aromatic N) is 6. The summed E-state index contributed by atoms with van der Waals surface area (Å²) in [6.45, 7) is 2.17. The Balaban J connectivity index is 1.25. The van der Waals surface area contributed by atoms with Gasteiger partial charge in [-0.3, -0.25) is 9.88 Å². The van der Waals surface area contributed by atoms with Gasteiger partial charge in [-0.1, -0.05) is 6.07 Å². The van der Waals surface area contributed by atoms with E-state index >= 15 is 0 Å². The maximum absolute atomic E-state index is 4.86. The van der Waals surface area contributed by atoms with Crippen molar-refractivity contribution in [3.05, 3.63) is 55.0 Å². The lowest BCUT2D eigenvalue weighted by Gasteiger charge is -2.32. The molecule has 8 heteroatoms. The van der Waals surface area contributed by atoms with Crippen molar-refractivity contribution in [2.24, 2.45) is 0 Å². The molecule has 150 valence electrons. The minimum Gasteiger partial charge on any atom is -0.351 e. The van der Waals surface area contributed by atoms with Gasteiger partial charge in [-0.25, -0.2) is 15.0 Å². The van der Waals surface area contributed by atoms with Crippen molar-refractivity contribution >= 4 is 39.0 Å². The number of hydrogen-bond acceptors (Lipinski definition) is 8. The Morgan fingerprint density at radius 2 is 2.00 bits per heavy atom. The van der Waals surface area contributed by atoms with Crippen molar-refractivity contribution in [2.45, 2.75) is 18.5 Å². The summed E-state index contributed by atoms with van der Waals surface area (Å²) in [7, 11) is 2.22. The zero-order chi connectivity index (χ0) is 20.1. The predicted molar refractivity (Wildman–Crippen MR) is 120 cm³/mol. The number of likely N-dealkylation sites (N-methyl/N-ethyl adjacent to an activating group) is 1. The number of likely N-dealkylation sites (tertiary alicyclic amines) is 1. The van der Waals surface area contributed by atoms with Crippen LogP contribution >= 0.6 is 11.3 Å².